The molecule has 1 fully saturated rings. The molecule has 3 nitrogen and oxygen atoms in total. The second-order valence-electron chi connectivity index (χ2n) is 5.25. The third-order valence-corrected chi connectivity index (χ3v) is 3.89. The van der Waals surface area contributed by atoms with Crippen LogP contribution in [-0.4, -0.2) is 30.0 Å². The van der Waals surface area contributed by atoms with Crippen molar-refractivity contribution in [1.29, 1.82) is 0 Å². The molecule has 1 aliphatic heterocycles. The van der Waals surface area contributed by atoms with Crippen molar-refractivity contribution in [2.24, 2.45) is 5.92 Å². The van der Waals surface area contributed by atoms with Gasteiger partial charge in [-0.3, -0.25) is 4.79 Å². The Kier molecular flexibility index (Phi) is 4.86. The molecule has 0 radical (unpaired) electrons. The largest absolute Gasteiger partial charge is 0.490 e. The van der Waals surface area contributed by atoms with Gasteiger partial charge in [0.1, 0.15) is 11.9 Å². The number of amides is 1. The molecular formula is C15H20BrNO2. The first-order valence-corrected chi connectivity index (χ1v) is 7.56. The van der Waals surface area contributed by atoms with E-state index in [4.69, 9.17) is 4.74 Å². The zero-order chi connectivity index (χ0) is 13.8. The molecule has 0 atom stereocenters. The Morgan fingerprint density at radius 3 is 2.37 bits per heavy atom. The summed E-state index contributed by atoms with van der Waals surface area (Å²) < 4.78 is 6.99. The van der Waals surface area contributed by atoms with Crippen molar-refractivity contribution < 1.29 is 9.53 Å². The molecule has 104 valence electrons. The van der Waals surface area contributed by atoms with Crippen LogP contribution in [0.1, 0.15) is 26.7 Å². The van der Waals surface area contributed by atoms with Gasteiger partial charge in [0.25, 0.3) is 0 Å². The first-order chi connectivity index (χ1) is 9.06. The fraction of sp³-hybridized carbons (Fsp3) is 0.533. The topological polar surface area (TPSA) is 29.5 Å². The van der Waals surface area contributed by atoms with Crippen molar-refractivity contribution in [2.75, 3.05) is 13.1 Å². The minimum atomic E-state index is 0.0870. The number of likely N-dealkylation sites (tertiary alicyclic amines) is 1. The highest BCUT2D eigenvalue weighted by Gasteiger charge is 2.25. The third kappa shape index (κ3) is 3.96. The number of carbonyl (C=O) groups is 1. The first-order valence-electron chi connectivity index (χ1n) is 6.77. The number of nitrogens with zero attached hydrogens (tertiary/aromatic N) is 1. The molecule has 0 N–H and O–H groups in total. The fourth-order valence-corrected chi connectivity index (χ4v) is 2.53. The smallest absolute Gasteiger partial charge is 0.225 e. The van der Waals surface area contributed by atoms with E-state index in [1.807, 2.05) is 43.0 Å². The molecule has 2 rings (SSSR count). The van der Waals surface area contributed by atoms with Crippen LogP contribution in [0.5, 0.6) is 5.75 Å². The maximum absolute atomic E-state index is 11.9. The zero-order valence-corrected chi connectivity index (χ0v) is 13.0. The van der Waals surface area contributed by atoms with E-state index in [2.05, 4.69) is 15.9 Å². The summed E-state index contributed by atoms with van der Waals surface area (Å²) in [5.41, 5.74) is 0. The van der Waals surface area contributed by atoms with Gasteiger partial charge < -0.3 is 9.64 Å². The van der Waals surface area contributed by atoms with Crippen LogP contribution >= 0.6 is 15.9 Å². The summed E-state index contributed by atoms with van der Waals surface area (Å²) in [6, 6.07) is 7.89. The Hall–Kier alpha value is -1.03. The van der Waals surface area contributed by atoms with Crippen LogP contribution in [0.25, 0.3) is 0 Å². The molecule has 1 amide bonds. The molecule has 0 spiro atoms. The molecule has 1 heterocycles. The Morgan fingerprint density at radius 1 is 1.26 bits per heavy atom. The normalized spacial score (nSPS) is 16.7. The van der Waals surface area contributed by atoms with Crippen molar-refractivity contribution in [1.82, 2.24) is 4.90 Å². The molecule has 0 unspecified atom stereocenters. The number of hydrogen-bond donors (Lipinski definition) is 0. The van der Waals surface area contributed by atoms with Crippen LogP contribution in [0.15, 0.2) is 28.7 Å². The fourth-order valence-electron chi connectivity index (χ4n) is 2.26. The highest BCUT2D eigenvalue weighted by molar-refractivity contribution is 9.10. The van der Waals surface area contributed by atoms with Crippen LogP contribution in [0, 0.1) is 5.92 Å². The number of hydrogen-bond acceptors (Lipinski definition) is 2. The molecule has 1 saturated heterocycles. The molecule has 19 heavy (non-hydrogen) atoms. The number of carbonyl (C=O) groups excluding carboxylic acids is 1. The van der Waals surface area contributed by atoms with Gasteiger partial charge in [0.15, 0.2) is 0 Å². The zero-order valence-electron chi connectivity index (χ0n) is 11.4. The van der Waals surface area contributed by atoms with Gasteiger partial charge in [0, 0.05) is 36.3 Å². The molecule has 1 aromatic carbocycles. The highest BCUT2D eigenvalue weighted by atomic mass is 79.9. The Labute approximate surface area is 123 Å². The van der Waals surface area contributed by atoms with Crippen LogP contribution in [0.3, 0.4) is 0 Å². The molecule has 0 aliphatic carbocycles. The minimum Gasteiger partial charge on any atom is -0.490 e. The number of rotatable bonds is 3. The maximum Gasteiger partial charge on any atom is 0.225 e. The molecule has 0 aromatic heterocycles. The second-order valence-corrected chi connectivity index (χ2v) is 6.17. The van der Waals surface area contributed by atoms with Crippen LogP contribution in [-0.2, 0) is 4.79 Å². The van der Waals surface area contributed by atoms with Crippen LogP contribution in [0.2, 0.25) is 0 Å². The van der Waals surface area contributed by atoms with Gasteiger partial charge in [-0.2, -0.15) is 0 Å². The van der Waals surface area contributed by atoms with E-state index < -0.39 is 0 Å². The number of benzene rings is 1. The van der Waals surface area contributed by atoms with Crippen molar-refractivity contribution in [2.45, 2.75) is 32.8 Å². The number of piperidine rings is 1. The first kappa shape index (κ1) is 14.4. The molecule has 4 heteroatoms. The summed E-state index contributed by atoms with van der Waals surface area (Å²) in [5.74, 6) is 1.24. The summed E-state index contributed by atoms with van der Waals surface area (Å²) in [4.78, 5) is 13.8. The van der Waals surface area contributed by atoms with Gasteiger partial charge in [-0.25, -0.2) is 0 Å². The monoisotopic (exact) mass is 325 g/mol. The van der Waals surface area contributed by atoms with Gasteiger partial charge >= 0.3 is 0 Å². The SMILES string of the molecule is CC(C)C(=O)N1CCC(Oc2ccc(Br)cc2)CC1. The van der Waals surface area contributed by atoms with Gasteiger partial charge in [-0.1, -0.05) is 29.8 Å². The lowest BCUT2D eigenvalue weighted by molar-refractivity contribution is -0.136. The second kappa shape index (κ2) is 6.42. The standard InChI is InChI=1S/C15H20BrNO2/c1-11(2)15(18)17-9-7-14(8-10-17)19-13-5-3-12(16)4-6-13/h3-6,11,14H,7-10H2,1-2H3. The predicted octanol–water partition coefficient (Wildman–Crippen LogP) is 3.47. The average molecular weight is 326 g/mol. The lowest BCUT2D eigenvalue weighted by Crippen LogP contribution is -2.43. The van der Waals surface area contributed by atoms with E-state index in [9.17, 15) is 4.79 Å². The van der Waals surface area contributed by atoms with E-state index in [1.54, 1.807) is 0 Å². The van der Waals surface area contributed by atoms with Gasteiger partial charge in [0.05, 0.1) is 0 Å². The maximum atomic E-state index is 11.9. The molecule has 1 aliphatic rings. The Bertz CT molecular complexity index is 422. The molecule has 1 aromatic rings. The van der Waals surface area contributed by atoms with Crippen molar-refractivity contribution in [3.05, 3.63) is 28.7 Å². The Balaban J connectivity index is 1.83. The summed E-state index contributed by atoms with van der Waals surface area (Å²) in [5, 5.41) is 0. The van der Waals surface area contributed by atoms with E-state index in [0.717, 1.165) is 36.2 Å². The van der Waals surface area contributed by atoms with Gasteiger partial charge in [-0.15, -0.1) is 0 Å². The van der Waals surface area contributed by atoms with Crippen LogP contribution in [0.4, 0.5) is 0 Å². The van der Waals surface area contributed by atoms with Crippen LogP contribution < -0.4 is 4.74 Å². The summed E-state index contributed by atoms with van der Waals surface area (Å²) in [6.07, 6.45) is 2.04. The highest BCUT2D eigenvalue weighted by Crippen LogP contribution is 2.21. The summed E-state index contributed by atoms with van der Waals surface area (Å²) in [6.45, 7) is 5.51. The van der Waals surface area contributed by atoms with E-state index in [0.29, 0.717) is 0 Å². The third-order valence-electron chi connectivity index (χ3n) is 3.36. The number of ether oxygens (including phenoxy) is 1. The van der Waals surface area contributed by atoms with E-state index in [-0.39, 0.29) is 17.9 Å². The summed E-state index contributed by atoms with van der Waals surface area (Å²) >= 11 is 3.41. The molecule has 0 bridgehead atoms. The van der Waals surface area contributed by atoms with E-state index >= 15 is 0 Å². The van der Waals surface area contributed by atoms with Crippen molar-refractivity contribution >= 4 is 21.8 Å². The Morgan fingerprint density at radius 2 is 1.84 bits per heavy atom. The average Bonchev–Trinajstić information content (AvgIpc) is 2.41. The molecule has 0 saturated carbocycles. The quantitative estimate of drug-likeness (QED) is 0.851. The lowest BCUT2D eigenvalue weighted by Gasteiger charge is -2.33. The van der Waals surface area contributed by atoms with Gasteiger partial charge in [-0.05, 0) is 24.3 Å². The van der Waals surface area contributed by atoms with E-state index in [1.165, 1.54) is 0 Å². The van der Waals surface area contributed by atoms with Gasteiger partial charge in [0.2, 0.25) is 5.91 Å². The number of halogens is 1. The minimum absolute atomic E-state index is 0.0870. The predicted molar refractivity (Wildman–Crippen MR) is 79.2 cm³/mol. The lowest BCUT2D eigenvalue weighted by atomic mass is 10.1. The van der Waals surface area contributed by atoms with Crippen molar-refractivity contribution in [3.8, 4) is 5.75 Å². The van der Waals surface area contributed by atoms with Crippen molar-refractivity contribution in [3.63, 3.8) is 0 Å². The summed E-state index contributed by atoms with van der Waals surface area (Å²) in [7, 11) is 0. The molecular weight excluding hydrogens is 306 g/mol.